The second-order valence-electron chi connectivity index (χ2n) is 25.2. The first kappa shape index (κ1) is 68.5. The number of nitrogens with zero attached hydrogens (tertiary/aromatic N) is 6. The highest BCUT2D eigenvalue weighted by Crippen LogP contribution is 2.49. The normalized spacial score (nSPS) is 17.1. The van der Waals surface area contributed by atoms with Gasteiger partial charge < -0.3 is 50.0 Å². The summed E-state index contributed by atoms with van der Waals surface area (Å²) in [5, 5.41) is 6.48. The largest absolute Gasteiger partial charge is 0.493 e. The van der Waals surface area contributed by atoms with Crippen molar-refractivity contribution in [2.75, 3.05) is 75.6 Å². The molecular weight excluding hydrogens is 1230 g/mol. The predicted octanol–water partition coefficient (Wildman–Crippen LogP) is 10.7. The first-order valence-corrected chi connectivity index (χ1v) is 33.9. The summed E-state index contributed by atoms with van der Waals surface area (Å²) in [7, 11) is -5.80. The molecule has 0 aliphatic carbocycles. The van der Waals surface area contributed by atoms with E-state index in [2.05, 4.69) is 20.1 Å². The number of fused-ring (bicyclic) bond motifs is 3. The average molecular weight is 1310 g/mol. The van der Waals surface area contributed by atoms with Crippen LogP contribution in [0.2, 0.25) is 0 Å². The van der Waals surface area contributed by atoms with Crippen LogP contribution in [0.25, 0.3) is 10.9 Å². The summed E-state index contributed by atoms with van der Waals surface area (Å²) >= 11 is 0. The Hall–Kier alpha value is -8.84. The molecule has 1 saturated heterocycles. The van der Waals surface area contributed by atoms with Gasteiger partial charge in [-0.3, -0.25) is 18.7 Å². The number of hydrogen-bond donors (Lipinski definition) is 5. The number of amides is 3. The first-order valence-electron chi connectivity index (χ1n) is 31.0. The van der Waals surface area contributed by atoms with E-state index in [1.165, 1.54) is 31.4 Å². The number of nitrogens with one attached hydrogen (secondary N) is 2. The summed E-state index contributed by atoms with van der Waals surface area (Å²) < 4.78 is 93.6. The molecule has 3 amide bonds. The number of allylic oxidation sites excluding steroid dienone is 6. The number of ether oxygens (including phenoxy) is 4. The molecule has 0 radical (unpaired) electrons. The molecule has 2 atom stereocenters. The van der Waals surface area contributed by atoms with Gasteiger partial charge in [0.15, 0.2) is 17.2 Å². The van der Waals surface area contributed by atoms with E-state index in [1.54, 1.807) is 57.0 Å². The molecule has 3 aliphatic heterocycles. The van der Waals surface area contributed by atoms with Crippen molar-refractivity contribution in [1.29, 1.82) is 0 Å². The summed E-state index contributed by atoms with van der Waals surface area (Å²) in [6, 6.07) is 28.4. The van der Waals surface area contributed by atoms with Crippen molar-refractivity contribution in [2.45, 2.75) is 126 Å². The lowest BCUT2D eigenvalue weighted by molar-refractivity contribution is -0.438. The van der Waals surface area contributed by atoms with Crippen LogP contribution in [-0.4, -0.2) is 135 Å². The van der Waals surface area contributed by atoms with Gasteiger partial charge in [-0.2, -0.15) is 26.4 Å². The number of nitrogen functional groups attached to an aromatic ring is 1. The number of rotatable bonds is 24. The number of likely N-dealkylation sites (N-methyl/N-ethyl adjacent to an activating group) is 1. The quantitative estimate of drug-likeness (QED) is 0.0163. The highest BCUT2D eigenvalue weighted by molar-refractivity contribution is 7.86. The Morgan fingerprint density at radius 2 is 1.51 bits per heavy atom. The summed E-state index contributed by atoms with van der Waals surface area (Å²) in [6.07, 6.45) is 11.3. The SMILES string of the molecule is CCN1C(=CC=CC=CC2=[N+](CCCCCC(=O)NCCOc3cccc(C4CN(C(=O)CC(NC(=O)OC(C)(C)C)c5ccccc5)CCN4c4nc(N)c5cc(OC)c(OC)cc5n4)c3)c3ccc(S(=O)(=O)O)cc3C2(C)C)C(C)(C)c2cc(S(=O)(=O)O)ccc21. The van der Waals surface area contributed by atoms with Gasteiger partial charge in [0.2, 0.25) is 23.5 Å². The van der Waals surface area contributed by atoms with Crippen LogP contribution >= 0.6 is 0 Å². The molecule has 2 unspecified atom stereocenters. The van der Waals surface area contributed by atoms with Crippen molar-refractivity contribution in [2.24, 2.45) is 0 Å². The molecule has 4 heterocycles. The van der Waals surface area contributed by atoms with Crippen LogP contribution in [0, 0.1) is 0 Å². The summed E-state index contributed by atoms with van der Waals surface area (Å²) in [5.74, 6) is 1.73. The number of unbranched alkanes of at least 4 members (excludes halogenated alkanes) is 2. The molecule has 6 N–H and O–H groups in total. The van der Waals surface area contributed by atoms with Gasteiger partial charge in [-0.15, -0.1) is 0 Å². The number of carbonyl (C=O) groups excluding carboxylic acids is 3. The van der Waals surface area contributed by atoms with E-state index in [0.29, 0.717) is 79.5 Å². The molecule has 6 aromatic rings. The van der Waals surface area contributed by atoms with Gasteiger partial charge in [0.25, 0.3) is 20.2 Å². The lowest BCUT2D eigenvalue weighted by Crippen LogP contribution is -2.51. The fourth-order valence-corrected chi connectivity index (χ4v) is 13.4. The first-order chi connectivity index (χ1) is 44.0. The van der Waals surface area contributed by atoms with Crippen LogP contribution in [-0.2, 0) is 45.4 Å². The maximum Gasteiger partial charge on any atom is 0.408 e. The minimum absolute atomic E-state index is 0.0358. The molecule has 0 saturated carbocycles. The minimum Gasteiger partial charge on any atom is -0.493 e. The van der Waals surface area contributed by atoms with E-state index in [9.17, 15) is 40.3 Å². The van der Waals surface area contributed by atoms with Gasteiger partial charge >= 0.3 is 6.09 Å². The Kier molecular flexibility index (Phi) is 20.8. The molecule has 0 bridgehead atoms. The van der Waals surface area contributed by atoms with Crippen molar-refractivity contribution in [3.05, 3.63) is 161 Å². The van der Waals surface area contributed by atoms with Gasteiger partial charge in [-0.05, 0) is 126 Å². The van der Waals surface area contributed by atoms with E-state index >= 15 is 0 Å². The third-order valence-corrected chi connectivity index (χ3v) is 18.8. The molecule has 3 aliphatic rings. The zero-order valence-corrected chi connectivity index (χ0v) is 55.9. The van der Waals surface area contributed by atoms with E-state index < -0.39 is 54.8 Å². The number of methoxy groups -OCH3 is 2. The molecule has 93 heavy (non-hydrogen) atoms. The average Bonchev–Trinajstić information content (AvgIpc) is 1.62. The molecule has 24 heteroatoms. The zero-order chi connectivity index (χ0) is 67.2. The molecule has 5 aromatic carbocycles. The molecule has 0 spiro atoms. The number of hydrogen-bond acceptors (Lipinski definition) is 16. The topological polar surface area (TPSA) is 285 Å². The maximum absolute atomic E-state index is 14.5. The highest BCUT2D eigenvalue weighted by atomic mass is 32.2. The van der Waals surface area contributed by atoms with E-state index in [1.807, 2.05) is 124 Å². The summed E-state index contributed by atoms with van der Waals surface area (Å²) in [4.78, 5) is 56.1. The Morgan fingerprint density at radius 3 is 2.19 bits per heavy atom. The zero-order valence-electron chi connectivity index (χ0n) is 54.3. The van der Waals surface area contributed by atoms with Crippen molar-refractivity contribution in [1.82, 2.24) is 25.5 Å². The fraction of sp³-hybridized carbons (Fsp3) is 0.391. The highest BCUT2D eigenvalue weighted by Gasteiger charge is 2.45. The number of aromatic nitrogens is 2. The Labute approximate surface area is 544 Å². The van der Waals surface area contributed by atoms with Gasteiger partial charge in [0.1, 0.15) is 30.3 Å². The minimum atomic E-state index is -4.48. The van der Waals surface area contributed by atoms with Crippen molar-refractivity contribution in [3.63, 3.8) is 0 Å². The van der Waals surface area contributed by atoms with Crippen LogP contribution < -0.4 is 40.4 Å². The van der Waals surface area contributed by atoms with Crippen LogP contribution in [0.15, 0.2) is 149 Å². The number of carbonyl (C=O) groups is 3. The monoisotopic (exact) mass is 1310 g/mol. The molecule has 494 valence electrons. The van der Waals surface area contributed by atoms with Gasteiger partial charge in [-0.25, -0.2) is 9.78 Å². The van der Waals surface area contributed by atoms with Crippen molar-refractivity contribution >= 4 is 77.9 Å². The van der Waals surface area contributed by atoms with Crippen LogP contribution in [0.5, 0.6) is 17.2 Å². The lowest BCUT2D eigenvalue weighted by Gasteiger charge is -2.42. The number of piperazine rings is 1. The fourth-order valence-electron chi connectivity index (χ4n) is 12.4. The van der Waals surface area contributed by atoms with Gasteiger partial charge in [-0.1, -0.05) is 74.5 Å². The predicted molar refractivity (Wildman–Crippen MR) is 358 cm³/mol. The van der Waals surface area contributed by atoms with Gasteiger partial charge in [0, 0.05) is 85.0 Å². The van der Waals surface area contributed by atoms with Crippen LogP contribution in [0.3, 0.4) is 0 Å². The standard InChI is InChI=1S/C69H83N9O13S2/c1-11-76-55-31-29-48(92(82,83)84)39-51(55)68(5,6)60(76)26-17-13-18-27-61-69(7,8)52-40-49(93(85,86)87)30-32-56(52)77(61)34-20-14-19-28-62(79)71-33-37-90-47-25-21-24-46(38-47)57-44-75(63(80)43-53(45-22-15-12-16-23-45)73-66(81)91-67(2,3)4)35-36-78(57)65-72-54-42-59(89-10)58(88-9)41-50(54)64(70)74-65/h12-13,15-18,21-27,29-32,38-42,53,57H,11,14,19-20,28,33-37,43-44H2,1-10H3,(H5-,70,71,72,73,74,79,81,82,83,84,85,86,87)/p+1. The second-order valence-corrected chi connectivity index (χ2v) is 28.1. The van der Waals surface area contributed by atoms with Crippen molar-refractivity contribution in [3.8, 4) is 17.2 Å². The van der Waals surface area contributed by atoms with E-state index in [4.69, 9.17) is 34.6 Å². The number of nitrogens with two attached hydrogens (primary N) is 1. The Bertz CT molecular complexity index is 4160. The number of anilines is 3. The molecule has 1 fully saturated rings. The molecule has 1 aromatic heterocycles. The van der Waals surface area contributed by atoms with Gasteiger partial charge in [0.05, 0.1) is 60.0 Å². The van der Waals surface area contributed by atoms with Crippen molar-refractivity contribution < 1.29 is 63.8 Å². The van der Waals surface area contributed by atoms with Crippen LogP contribution in [0.1, 0.15) is 122 Å². The third kappa shape index (κ3) is 15.8. The number of benzene rings is 5. The Morgan fingerprint density at radius 1 is 0.806 bits per heavy atom. The molecule has 9 rings (SSSR count). The maximum atomic E-state index is 14.5. The van der Waals surface area contributed by atoms with E-state index in [0.717, 1.165) is 45.0 Å². The van der Waals surface area contributed by atoms with Crippen LogP contribution in [0.4, 0.5) is 27.9 Å². The summed E-state index contributed by atoms with van der Waals surface area (Å²) in [5.41, 5.74) is 11.8. The molecular formula is C69H84N9O13S2+. The second kappa shape index (κ2) is 28.2. The smallest absolute Gasteiger partial charge is 0.408 e. The molecule has 22 nitrogen and oxygen atoms in total. The number of alkyl carbamates (subject to hydrolysis) is 1. The summed E-state index contributed by atoms with van der Waals surface area (Å²) in [6.45, 7) is 17.8. The van der Waals surface area contributed by atoms with E-state index in [-0.39, 0.29) is 60.0 Å². The Balaban J connectivity index is 0.842. The third-order valence-electron chi connectivity index (χ3n) is 17.1. The lowest BCUT2D eigenvalue weighted by atomic mass is 9.81.